The fourth-order valence-corrected chi connectivity index (χ4v) is 3.13. The predicted octanol–water partition coefficient (Wildman–Crippen LogP) is 5.07. The standard InChI is InChI=1S/C20H19Cl2N3O3/c1-11-19(22)12(2)25(24-11)14-7-5-13(6-8-14)20(26)23-16-10-17(27-3)15(21)9-18(16)28-4/h5-10H,1-4H3,(H,23,26). The van der Waals surface area contributed by atoms with Gasteiger partial charge in [-0.2, -0.15) is 5.10 Å². The number of aryl methyl sites for hydroxylation is 1. The Hall–Kier alpha value is -2.70. The van der Waals surface area contributed by atoms with Crippen LogP contribution in [0.3, 0.4) is 0 Å². The van der Waals surface area contributed by atoms with Gasteiger partial charge in [-0.3, -0.25) is 4.79 Å². The molecule has 0 aliphatic carbocycles. The minimum absolute atomic E-state index is 0.291. The number of amides is 1. The summed E-state index contributed by atoms with van der Waals surface area (Å²) in [7, 11) is 3.01. The van der Waals surface area contributed by atoms with Gasteiger partial charge in [-0.1, -0.05) is 23.2 Å². The number of aromatic nitrogens is 2. The van der Waals surface area contributed by atoms with Gasteiger partial charge >= 0.3 is 0 Å². The Bertz CT molecular complexity index is 1030. The summed E-state index contributed by atoms with van der Waals surface area (Å²) in [5.41, 5.74) is 3.35. The highest BCUT2D eigenvalue weighted by molar-refractivity contribution is 6.32. The van der Waals surface area contributed by atoms with E-state index in [1.54, 1.807) is 28.9 Å². The van der Waals surface area contributed by atoms with E-state index < -0.39 is 0 Å². The molecule has 0 bridgehead atoms. The van der Waals surface area contributed by atoms with Gasteiger partial charge < -0.3 is 14.8 Å². The molecule has 6 nitrogen and oxygen atoms in total. The summed E-state index contributed by atoms with van der Waals surface area (Å²) in [4.78, 5) is 12.7. The van der Waals surface area contributed by atoms with Crippen molar-refractivity contribution in [2.24, 2.45) is 0 Å². The van der Waals surface area contributed by atoms with Crippen molar-refractivity contribution in [3.8, 4) is 17.2 Å². The van der Waals surface area contributed by atoms with Gasteiger partial charge in [0.15, 0.2) is 0 Å². The molecule has 28 heavy (non-hydrogen) atoms. The first kappa shape index (κ1) is 20.0. The lowest BCUT2D eigenvalue weighted by atomic mass is 10.2. The van der Waals surface area contributed by atoms with Gasteiger partial charge in [0.1, 0.15) is 11.5 Å². The van der Waals surface area contributed by atoms with Crippen molar-refractivity contribution in [2.75, 3.05) is 19.5 Å². The molecule has 1 aromatic heterocycles. The van der Waals surface area contributed by atoms with E-state index in [1.807, 2.05) is 26.0 Å². The molecule has 0 aliphatic rings. The van der Waals surface area contributed by atoms with E-state index in [4.69, 9.17) is 32.7 Å². The Balaban J connectivity index is 1.85. The third-order valence-corrected chi connectivity index (χ3v) is 5.14. The minimum atomic E-state index is -0.291. The normalized spacial score (nSPS) is 10.6. The molecule has 3 aromatic rings. The highest BCUT2D eigenvalue weighted by Crippen LogP contribution is 2.36. The molecule has 1 heterocycles. The molecule has 1 amide bonds. The Kier molecular flexibility index (Phi) is 5.82. The second-order valence-corrected chi connectivity index (χ2v) is 6.87. The number of carbonyl (C=O) groups excluding carboxylic acids is 1. The molecule has 8 heteroatoms. The first-order valence-electron chi connectivity index (χ1n) is 8.40. The van der Waals surface area contributed by atoms with E-state index in [0.29, 0.717) is 32.8 Å². The third kappa shape index (κ3) is 3.79. The lowest BCUT2D eigenvalue weighted by Gasteiger charge is -2.13. The first-order valence-corrected chi connectivity index (χ1v) is 9.16. The zero-order chi connectivity index (χ0) is 20.4. The molecule has 0 spiro atoms. The highest BCUT2D eigenvalue weighted by atomic mass is 35.5. The maximum atomic E-state index is 12.7. The second kappa shape index (κ2) is 8.12. The van der Waals surface area contributed by atoms with E-state index in [-0.39, 0.29) is 5.91 Å². The van der Waals surface area contributed by atoms with Gasteiger partial charge in [-0.15, -0.1) is 0 Å². The van der Waals surface area contributed by atoms with Crippen molar-refractivity contribution in [2.45, 2.75) is 13.8 Å². The minimum Gasteiger partial charge on any atom is -0.495 e. The summed E-state index contributed by atoms with van der Waals surface area (Å²) in [6.07, 6.45) is 0. The van der Waals surface area contributed by atoms with Gasteiger partial charge in [0.05, 0.1) is 47.0 Å². The number of ether oxygens (including phenoxy) is 2. The average Bonchev–Trinajstić information content (AvgIpc) is 2.96. The van der Waals surface area contributed by atoms with Gasteiger partial charge in [-0.05, 0) is 38.1 Å². The van der Waals surface area contributed by atoms with E-state index >= 15 is 0 Å². The van der Waals surface area contributed by atoms with Crippen LogP contribution in [0.4, 0.5) is 5.69 Å². The fourth-order valence-electron chi connectivity index (χ4n) is 2.78. The smallest absolute Gasteiger partial charge is 0.255 e. The molecule has 0 unspecified atom stereocenters. The zero-order valence-electron chi connectivity index (χ0n) is 15.8. The largest absolute Gasteiger partial charge is 0.495 e. The molecule has 146 valence electrons. The molecule has 2 aromatic carbocycles. The van der Waals surface area contributed by atoms with Crippen molar-refractivity contribution in [3.05, 3.63) is 63.4 Å². The quantitative estimate of drug-likeness (QED) is 0.626. The van der Waals surface area contributed by atoms with Crippen LogP contribution in [0, 0.1) is 13.8 Å². The van der Waals surface area contributed by atoms with Crippen molar-refractivity contribution in [1.82, 2.24) is 9.78 Å². The maximum absolute atomic E-state index is 12.7. The number of hydrogen-bond donors (Lipinski definition) is 1. The molecular formula is C20H19Cl2N3O3. The van der Waals surface area contributed by atoms with Crippen LogP contribution in [0.5, 0.6) is 11.5 Å². The Labute approximate surface area is 173 Å². The van der Waals surface area contributed by atoms with Crippen molar-refractivity contribution in [1.29, 1.82) is 0 Å². The van der Waals surface area contributed by atoms with Crippen molar-refractivity contribution in [3.63, 3.8) is 0 Å². The van der Waals surface area contributed by atoms with E-state index in [1.165, 1.54) is 14.2 Å². The van der Waals surface area contributed by atoms with Crippen LogP contribution in [-0.2, 0) is 0 Å². The van der Waals surface area contributed by atoms with Crippen LogP contribution in [-0.4, -0.2) is 29.9 Å². The number of anilines is 1. The van der Waals surface area contributed by atoms with Gasteiger partial charge in [0.25, 0.3) is 5.91 Å². The summed E-state index contributed by atoms with van der Waals surface area (Å²) in [5.74, 6) is 0.586. The molecule has 0 saturated heterocycles. The molecular weight excluding hydrogens is 401 g/mol. The Morgan fingerprint density at radius 3 is 2.21 bits per heavy atom. The number of hydrogen-bond acceptors (Lipinski definition) is 4. The number of carbonyl (C=O) groups is 1. The van der Waals surface area contributed by atoms with E-state index in [0.717, 1.165) is 17.1 Å². The van der Waals surface area contributed by atoms with Crippen LogP contribution in [0.1, 0.15) is 21.7 Å². The topological polar surface area (TPSA) is 65.4 Å². The summed E-state index contributed by atoms with van der Waals surface area (Å²) < 4.78 is 12.2. The maximum Gasteiger partial charge on any atom is 0.255 e. The van der Waals surface area contributed by atoms with Crippen LogP contribution < -0.4 is 14.8 Å². The van der Waals surface area contributed by atoms with Gasteiger partial charge in [-0.25, -0.2) is 4.68 Å². The van der Waals surface area contributed by atoms with Crippen molar-refractivity contribution < 1.29 is 14.3 Å². The van der Waals surface area contributed by atoms with Crippen LogP contribution in [0.25, 0.3) is 5.69 Å². The molecule has 0 atom stereocenters. The van der Waals surface area contributed by atoms with Crippen LogP contribution in [0.15, 0.2) is 36.4 Å². The number of nitrogens with zero attached hydrogens (tertiary/aromatic N) is 2. The highest BCUT2D eigenvalue weighted by Gasteiger charge is 2.15. The lowest BCUT2D eigenvalue weighted by molar-refractivity contribution is 0.102. The monoisotopic (exact) mass is 419 g/mol. The molecule has 0 fully saturated rings. The molecule has 0 saturated carbocycles. The van der Waals surface area contributed by atoms with Crippen molar-refractivity contribution >= 4 is 34.8 Å². The Morgan fingerprint density at radius 2 is 1.68 bits per heavy atom. The zero-order valence-corrected chi connectivity index (χ0v) is 17.4. The Morgan fingerprint density at radius 1 is 1.04 bits per heavy atom. The third-order valence-electron chi connectivity index (χ3n) is 4.30. The number of methoxy groups -OCH3 is 2. The fraction of sp³-hybridized carbons (Fsp3) is 0.200. The summed E-state index contributed by atoms with van der Waals surface area (Å²) in [5, 5.41) is 8.25. The summed E-state index contributed by atoms with van der Waals surface area (Å²) >= 11 is 12.3. The summed E-state index contributed by atoms with van der Waals surface area (Å²) in [6, 6.07) is 10.3. The van der Waals surface area contributed by atoms with E-state index in [2.05, 4.69) is 10.4 Å². The van der Waals surface area contributed by atoms with Crippen LogP contribution >= 0.6 is 23.2 Å². The number of halogens is 2. The lowest BCUT2D eigenvalue weighted by Crippen LogP contribution is -2.13. The molecule has 0 aliphatic heterocycles. The number of rotatable bonds is 5. The average molecular weight is 420 g/mol. The molecule has 3 rings (SSSR count). The second-order valence-electron chi connectivity index (χ2n) is 6.08. The van der Waals surface area contributed by atoms with E-state index in [9.17, 15) is 4.79 Å². The summed E-state index contributed by atoms with van der Waals surface area (Å²) in [6.45, 7) is 3.74. The molecule has 0 radical (unpaired) electrons. The van der Waals surface area contributed by atoms with Gasteiger partial charge in [0, 0.05) is 17.7 Å². The van der Waals surface area contributed by atoms with Crippen LogP contribution in [0.2, 0.25) is 10.0 Å². The number of benzene rings is 2. The SMILES string of the molecule is COc1cc(NC(=O)c2ccc(-n3nc(C)c(Cl)c3C)cc2)c(OC)cc1Cl. The van der Waals surface area contributed by atoms with Gasteiger partial charge in [0.2, 0.25) is 0 Å². The predicted molar refractivity (Wildman–Crippen MR) is 111 cm³/mol. The number of nitrogens with one attached hydrogen (secondary N) is 1. The molecule has 1 N–H and O–H groups in total. The first-order chi connectivity index (χ1) is 13.3.